The average Bonchev–Trinajstić information content (AvgIpc) is 3.50. The first-order valence-electron chi connectivity index (χ1n) is 14.6. The summed E-state index contributed by atoms with van der Waals surface area (Å²) in [6, 6.07) is 10.0. The molecular weight excluding hydrogens is 619 g/mol. The minimum atomic E-state index is -4.62. The molecule has 0 bridgehead atoms. The van der Waals surface area contributed by atoms with Crippen LogP contribution in [0, 0.1) is 13.8 Å². The number of aromatic nitrogens is 3. The van der Waals surface area contributed by atoms with E-state index in [2.05, 4.69) is 41.1 Å². The molecule has 1 saturated heterocycles. The number of anilines is 6. The second-order valence-electron chi connectivity index (χ2n) is 10.7. The number of piperazine rings is 1. The van der Waals surface area contributed by atoms with Crippen LogP contribution in [0.15, 0.2) is 48.7 Å². The minimum absolute atomic E-state index is 0.112. The van der Waals surface area contributed by atoms with Gasteiger partial charge in [0.05, 0.1) is 11.8 Å². The number of hydrogen-bond donors (Lipinski definition) is 4. The first-order valence-corrected chi connectivity index (χ1v) is 15.4. The molecule has 3 heterocycles. The van der Waals surface area contributed by atoms with E-state index in [4.69, 9.17) is 0 Å². The maximum Gasteiger partial charge on any atom is 0.416 e. The number of nitrogens with zero attached hydrogens (tertiary/aromatic N) is 5. The lowest BCUT2D eigenvalue weighted by Gasteiger charge is -2.36. The van der Waals surface area contributed by atoms with E-state index in [0.29, 0.717) is 57.6 Å². The van der Waals surface area contributed by atoms with Gasteiger partial charge in [-0.25, -0.2) is 15.0 Å². The van der Waals surface area contributed by atoms with Crippen LogP contribution in [0.1, 0.15) is 43.9 Å². The molecule has 2 aromatic carbocycles. The largest absolute Gasteiger partial charge is 0.416 e. The second kappa shape index (κ2) is 13.7. The summed E-state index contributed by atoms with van der Waals surface area (Å²) in [6.07, 6.45) is -3.18. The molecule has 4 aromatic rings. The second-order valence-corrected chi connectivity index (χ2v) is 11.7. The zero-order chi connectivity index (χ0) is 33.0. The highest BCUT2D eigenvalue weighted by molar-refractivity contribution is 7.17. The van der Waals surface area contributed by atoms with Gasteiger partial charge in [-0.15, -0.1) is 0 Å². The maximum absolute atomic E-state index is 13.8. The van der Waals surface area contributed by atoms with Gasteiger partial charge in [0.2, 0.25) is 0 Å². The average molecular weight is 654 g/mol. The molecule has 5 rings (SSSR count). The van der Waals surface area contributed by atoms with Gasteiger partial charge in [-0.1, -0.05) is 24.3 Å². The standard InChI is InChI=1S/C31H34F3N9O2S/c1-5-42-8-10-43(11-9-42)23-13-20(12-21(14-23)31(32,33)34)28(44)39-22-7-6-18(2)24(15-22)40-29(45)25-17-36-30(46-25)41-27-16-26(35-4)37-19(3)38-27/h6-7,12-17H,5,8-11H2,1-4H3,(H,39,44)(H,40,45)(H2,35,36,37,38,41). The summed E-state index contributed by atoms with van der Waals surface area (Å²) >= 11 is 1.13. The number of benzene rings is 2. The minimum Gasteiger partial charge on any atom is -0.373 e. The van der Waals surface area contributed by atoms with E-state index in [-0.39, 0.29) is 5.56 Å². The lowest BCUT2D eigenvalue weighted by atomic mass is 10.1. The zero-order valence-electron chi connectivity index (χ0n) is 25.7. The van der Waals surface area contributed by atoms with E-state index in [1.165, 1.54) is 12.3 Å². The number of carbonyl (C=O) groups is 2. The Kier molecular flexibility index (Phi) is 9.72. The van der Waals surface area contributed by atoms with Crippen molar-refractivity contribution in [1.82, 2.24) is 19.9 Å². The van der Waals surface area contributed by atoms with Crippen LogP contribution in [0.5, 0.6) is 0 Å². The molecule has 0 aliphatic carbocycles. The first-order chi connectivity index (χ1) is 21.9. The molecule has 0 unspecified atom stereocenters. The van der Waals surface area contributed by atoms with Gasteiger partial charge in [-0.05, 0) is 56.3 Å². The fourth-order valence-corrected chi connectivity index (χ4v) is 5.66. The van der Waals surface area contributed by atoms with E-state index >= 15 is 0 Å². The third kappa shape index (κ3) is 7.90. The van der Waals surface area contributed by atoms with Crippen molar-refractivity contribution >= 4 is 57.0 Å². The Balaban J connectivity index is 1.29. The van der Waals surface area contributed by atoms with Crippen molar-refractivity contribution in [2.45, 2.75) is 26.9 Å². The number of hydrogen-bond acceptors (Lipinski definition) is 10. The number of amides is 2. The number of nitrogens with one attached hydrogen (secondary N) is 4. The summed E-state index contributed by atoms with van der Waals surface area (Å²) in [5.74, 6) is 0.596. The van der Waals surface area contributed by atoms with Crippen LogP contribution in [0.4, 0.5) is 47.0 Å². The summed E-state index contributed by atoms with van der Waals surface area (Å²) in [5, 5.41) is 12.0. The topological polar surface area (TPSA) is 127 Å². The molecule has 242 valence electrons. The van der Waals surface area contributed by atoms with Crippen LogP contribution in [-0.4, -0.2) is 71.4 Å². The lowest BCUT2D eigenvalue weighted by molar-refractivity contribution is -0.137. The van der Waals surface area contributed by atoms with Gasteiger partial charge >= 0.3 is 6.18 Å². The smallest absolute Gasteiger partial charge is 0.373 e. The van der Waals surface area contributed by atoms with Gasteiger partial charge in [-0.3, -0.25) is 9.59 Å². The maximum atomic E-state index is 13.8. The molecule has 4 N–H and O–H groups in total. The van der Waals surface area contributed by atoms with Crippen LogP contribution in [0.3, 0.4) is 0 Å². The Labute approximate surface area is 268 Å². The summed E-state index contributed by atoms with van der Waals surface area (Å²) in [6.45, 7) is 9.04. The SMILES string of the molecule is CCN1CCN(c2cc(C(=O)Nc3ccc(C)c(NC(=O)c4cnc(Nc5cc(NC)nc(C)n5)s4)c3)cc(C(F)(F)F)c2)CC1. The van der Waals surface area contributed by atoms with Crippen LogP contribution in [-0.2, 0) is 6.18 Å². The molecule has 0 saturated carbocycles. The summed E-state index contributed by atoms with van der Waals surface area (Å²) < 4.78 is 41.5. The molecule has 1 aliphatic heterocycles. The van der Waals surface area contributed by atoms with Gasteiger partial charge in [-0.2, -0.15) is 13.2 Å². The molecule has 46 heavy (non-hydrogen) atoms. The Hall–Kier alpha value is -4.76. The molecule has 15 heteroatoms. The van der Waals surface area contributed by atoms with Gasteiger partial charge in [0.1, 0.15) is 22.3 Å². The molecule has 0 radical (unpaired) electrons. The third-order valence-corrected chi connectivity index (χ3v) is 8.41. The number of alkyl halides is 3. The number of halogens is 3. The van der Waals surface area contributed by atoms with Gasteiger partial charge < -0.3 is 31.1 Å². The number of aryl methyl sites for hydroxylation is 2. The Morgan fingerprint density at radius 1 is 0.935 bits per heavy atom. The Morgan fingerprint density at radius 3 is 2.37 bits per heavy atom. The Morgan fingerprint density at radius 2 is 1.67 bits per heavy atom. The summed E-state index contributed by atoms with van der Waals surface area (Å²) in [4.78, 5) is 43.6. The van der Waals surface area contributed by atoms with Gasteiger partial charge in [0, 0.05) is 61.9 Å². The van der Waals surface area contributed by atoms with Crippen LogP contribution < -0.4 is 26.2 Å². The fraction of sp³-hybridized carbons (Fsp3) is 0.323. The Bertz CT molecular complexity index is 1740. The van der Waals surface area contributed by atoms with Gasteiger partial charge in [0.15, 0.2) is 5.13 Å². The molecule has 1 aliphatic rings. The number of thiazole rings is 1. The summed E-state index contributed by atoms with van der Waals surface area (Å²) in [7, 11) is 1.75. The van der Waals surface area contributed by atoms with E-state index in [0.717, 1.165) is 48.7 Å². The highest BCUT2D eigenvalue weighted by atomic mass is 32.1. The number of rotatable bonds is 9. The lowest BCUT2D eigenvalue weighted by Crippen LogP contribution is -2.46. The molecule has 0 atom stereocenters. The van der Waals surface area contributed by atoms with Crippen molar-refractivity contribution in [2.75, 3.05) is 65.9 Å². The van der Waals surface area contributed by atoms with E-state index in [1.54, 1.807) is 45.2 Å². The van der Waals surface area contributed by atoms with Crippen molar-refractivity contribution < 1.29 is 22.8 Å². The predicted octanol–water partition coefficient (Wildman–Crippen LogP) is 6.00. The highest BCUT2D eigenvalue weighted by Gasteiger charge is 2.33. The van der Waals surface area contributed by atoms with E-state index in [9.17, 15) is 22.8 Å². The zero-order valence-corrected chi connectivity index (χ0v) is 26.6. The van der Waals surface area contributed by atoms with Crippen molar-refractivity contribution in [3.8, 4) is 0 Å². The van der Waals surface area contributed by atoms with Crippen LogP contribution in [0.2, 0.25) is 0 Å². The number of likely N-dealkylation sites (N-methyl/N-ethyl adjacent to an activating group) is 1. The molecule has 2 amide bonds. The predicted molar refractivity (Wildman–Crippen MR) is 175 cm³/mol. The van der Waals surface area contributed by atoms with Crippen molar-refractivity contribution in [1.29, 1.82) is 0 Å². The van der Waals surface area contributed by atoms with Crippen molar-refractivity contribution in [2.24, 2.45) is 0 Å². The molecule has 11 nitrogen and oxygen atoms in total. The monoisotopic (exact) mass is 653 g/mol. The van der Waals surface area contributed by atoms with E-state index in [1.807, 2.05) is 11.8 Å². The van der Waals surface area contributed by atoms with Crippen molar-refractivity contribution in [3.63, 3.8) is 0 Å². The van der Waals surface area contributed by atoms with Crippen LogP contribution >= 0.6 is 11.3 Å². The first kappa shape index (κ1) is 32.6. The third-order valence-electron chi connectivity index (χ3n) is 7.49. The van der Waals surface area contributed by atoms with E-state index < -0.39 is 23.6 Å². The normalized spacial score (nSPS) is 13.8. The molecular formula is C31H34F3N9O2S. The molecule has 0 spiro atoms. The summed E-state index contributed by atoms with van der Waals surface area (Å²) in [5.41, 5.74) is 0.808. The quantitative estimate of drug-likeness (QED) is 0.172. The molecule has 1 fully saturated rings. The fourth-order valence-electron chi connectivity index (χ4n) is 4.94. The van der Waals surface area contributed by atoms with Crippen LogP contribution in [0.25, 0.3) is 0 Å². The van der Waals surface area contributed by atoms with Gasteiger partial charge in [0.25, 0.3) is 11.8 Å². The number of carbonyl (C=O) groups excluding carboxylic acids is 2. The van der Waals surface area contributed by atoms with Crippen molar-refractivity contribution in [3.05, 3.63) is 76.1 Å². The molecule has 2 aromatic heterocycles. The highest BCUT2D eigenvalue weighted by Crippen LogP contribution is 2.34.